The first-order valence-corrected chi connectivity index (χ1v) is 11.0. The van der Waals surface area contributed by atoms with Gasteiger partial charge in [-0.3, -0.25) is 4.79 Å². The third kappa shape index (κ3) is 4.12. The van der Waals surface area contributed by atoms with E-state index >= 15 is 0 Å². The van der Waals surface area contributed by atoms with E-state index in [4.69, 9.17) is 16.3 Å². The summed E-state index contributed by atoms with van der Waals surface area (Å²) in [7, 11) is 0. The molecule has 0 saturated carbocycles. The zero-order valence-electron chi connectivity index (χ0n) is 17.1. The predicted molar refractivity (Wildman–Crippen MR) is 119 cm³/mol. The molecule has 0 radical (unpaired) electrons. The Kier molecular flexibility index (Phi) is 5.54. The fourth-order valence-electron chi connectivity index (χ4n) is 4.46. The van der Waals surface area contributed by atoms with Crippen molar-refractivity contribution in [2.45, 2.75) is 12.8 Å². The number of nitrogens with zero attached hydrogens (tertiary/aromatic N) is 3. The number of imidazole rings is 1. The minimum absolute atomic E-state index is 0.0137. The van der Waals surface area contributed by atoms with E-state index in [2.05, 4.69) is 14.9 Å². The average Bonchev–Trinajstić information content (AvgIpc) is 3.22. The van der Waals surface area contributed by atoms with Gasteiger partial charge in [0.25, 0.3) is 0 Å². The van der Waals surface area contributed by atoms with Crippen LogP contribution in [0.5, 0.6) is 0 Å². The van der Waals surface area contributed by atoms with Crippen LogP contribution in [0.1, 0.15) is 12.8 Å². The molecule has 0 aliphatic carbocycles. The number of ether oxygens (including phenoxy) is 1. The van der Waals surface area contributed by atoms with E-state index in [0.29, 0.717) is 54.7 Å². The predicted octanol–water partition coefficient (Wildman–Crippen LogP) is 4.10. The molecule has 1 N–H and O–H groups in total. The largest absolute Gasteiger partial charge is 0.378 e. The van der Waals surface area contributed by atoms with Gasteiger partial charge in [0.15, 0.2) is 0 Å². The van der Waals surface area contributed by atoms with Gasteiger partial charge in [-0.05, 0) is 49.2 Å². The maximum Gasteiger partial charge on any atom is 0.227 e. The highest BCUT2D eigenvalue weighted by Gasteiger charge is 2.30. The summed E-state index contributed by atoms with van der Waals surface area (Å²) in [5.74, 6) is 0.499. The Bertz CT molecular complexity index is 1110. The number of morpholine rings is 1. The van der Waals surface area contributed by atoms with Crippen molar-refractivity contribution >= 4 is 34.2 Å². The smallest absolute Gasteiger partial charge is 0.227 e. The second-order valence-corrected chi connectivity index (χ2v) is 8.54. The summed E-state index contributed by atoms with van der Waals surface area (Å²) in [4.78, 5) is 24.9. The molecular weight excluding hydrogens is 419 g/mol. The van der Waals surface area contributed by atoms with Crippen molar-refractivity contribution < 1.29 is 13.9 Å². The molecule has 2 aromatic carbocycles. The van der Waals surface area contributed by atoms with E-state index in [0.717, 1.165) is 30.6 Å². The number of hydrogen-bond acceptors (Lipinski definition) is 4. The summed E-state index contributed by atoms with van der Waals surface area (Å²) >= 11 is 6.48. The maximum atomic E-state index is 13.6. The lowest BCUT2D eigenvalue weighted by Gasteiger charge is -2.37. The minimum atomic E-state index is -0.313. The number of halogens is 2. The lowest BCUT2D eigenvalue weighted by molar-refractivity contribution is -0.139. The van der Waals surface area contributed by atoms with Crippen molar-refractivity contribution in [2.24, 2.45) is 5.92 Å². The Morgan fingerprint density at radius 1 is 1.16 bits per heavy atom. The van der Waals surface area contributed by atoms with Crippen LogP contribution in [-0.4, -0.2) is 60.2 Å². The summed E-state index contributed by atoms with van der Waals surface area (Å²) in [5, 5.41) is 0.571. The molecule has 31 heavy (non-hydrogen) atoms. The van der Waals surface area contributed by atoms with Crippen LogP contribution in [0.25, 0.3) is 22.4 Å². The summed E-state index contributed by atoms with van der Waals surface area (Å²) in [6.45, 7) is 4.15. The van der Waals surface area contributed by atoms with E-state index in [1.54, 1.807) is 6.07 Å². The molecule has 3 heterocycles. The van der Waals surface area contributed by atoms with E-state index in [9.17, 15) is 9.18 Å². The van der Waals surface area contributed by atoms with Gasteiger partial charge in [-0.1, -0.05) is 11.6 Å². The van der Waals surface area contributed by atoms with E-state index in [1.807, 2.05) is 23.1 Å². The maximum absolute atomic E-state index is 13.6. The normalized spacial score (nSPS) is 19.7. The van der Waals surface area contributed by atoms with Crippen LogP contribution in [-0.2, 0) is 9.53 Å². The highest BCUT2D eigenvalue weighted by atomic mass is 35.5. The summed E-state index contributed by atoms with van der Waals surface area (Å²) in [6.07, 6.45) is 1.87. The molecule has 1 aromatic heterocycles. The van der Waals surface area contributed by atoms with Gasteiger partial charge in [-0.2, -0.15) is 0 Å². The molecule has 0 unspecified atom stereocenters. The van der Waals surface area contributed by atoms with Gasteiger partial charge in [0.2, 0.25) is 5.91 Å². The Morgan fingerprint density at radius 3 is 2.84 bits per heavy atom. The number of benzene rings is 2. The lowest BCUT2D eigenvalue weighted by atomic mass is 9.95. The highest BCUT2D eigenvalue weighted by Crippen LogP contribution is 2.33. The molecule has 2 aliphatic heterocycles. The number of anilines is 1. The van der Waals surface area contributed by atoms with Gasteiger partial charge in [0, 0.05) is 37.4 Å². The molecule has 0 bridgehead atoms. The first-order valence-electron chi connectivity index (χ1n) is 10.7. The number of carbonyl (C=O) groups excluding carboxylic acids is 1. The van der Waals surface area contributed by atoms with Gasteiger partial charge < -0.3 is 19.5 Å². The van der Waals surface area contributed by atoms with Crippen LogP contribution in [0.15, 0.2) is 36.4 Å². The SMILES string of the molecule is O=C([C@H]1CCCN(c2ccc(Cl)c(-c3nc4ccc(F)cc4[nH]3)c2)C1)N1CCOCC1. The fraction of sp³-hybridized carbons (Fsp3) is 0.391. The second kappa shape index (κ2) is 8.48. The Balaban J connectivity index is 1.39. The number of piperidine rings is 1. The van der Waals surface area contributed by atoms with E-state index < -0.39 is 0 Å². The molecule has 8 heteroatoms. The fourth-order valence-corrected chi connectivity index (χ4v) is 4.66. The number of aromatic amines is 1. The molecule has 162 valence electrons. The molecule has 6 nitrogen and oxygen atoms in total. The molecule has 1 atom stereocenters. The second-order valence-electron chi connectivity index (χ2n) is 8.13. The molecule has 2 saturated heterocycles. The van der Waals surface area contributed by atoms with E-state index in [-0.39, 0.29) is 17.6 Å². The number of carbonyl (C=O) groups is 1. The monoisotopic (exact) mass is 442 g/mol. The number of aromatic nitrogens is 2. The summed E-state index contributed by atoms with van der Waals surface area (Å²) in [6, 6.07) is 10.3. The van der Waals surface area contributed by atoms with Crippen LogP contribution in [0.3, 0.4) is 0 Å². The number of nitrogens with one attached hydrogen (secondary N) is 1. The molecule has 5 rings (SSSR count). The van der Waals surface area contributed by atoms with Crippen molar-refractivity contribution in [3.05, 3.63) is 47.2 Å². The number of rotatable bonds is 3. The average molecular weight is 443 g/mol. The van der Waals surface area contributed by atoms with Crippen molar-refractivity contribution in [3.63, 3.8) is 0 Å². The van der Waals surface area contributed by atoms with Gasteiger partial charge in [-0.15, -0.1) is 0 Å². The number of hydrogen-bond donors (Lipinski definition) is 1. The Hall–Kier alpha value is -2.64. The Morgan fingerprint density at radius 2 is 2.00 bits per heavy atom. The molecule has 3 aromatic rings. The molecular formula is C23H24ClFN4O2. The van der Waals surface area contributed by atoms with Crippen LogP contribution in [0.4, 0.5) is 10.1 Å². The topological polar surface area (TPSA) is 61.5 Å². The molecule has 2 fully saturated rings. The third-order valence-electron chi connectivity index (χ3n) is 6.11. The van der Waals surface area contributed by atoms with Crippen LogP contribution in [0, 0.1) is 11.7 Å². The van der Waals surface area contributed by atoms with Crippen LogP contribution in [0.2, 0.25) is 5.02 Å². The number of H-pyrrole nitrogens is 1. The zero-order valence-corrected chi connectivity index (χ0v) is 17.9. The van der Waals surface area contributed by atoms with Gasteiger partial charge >= 0.3 is 0 Å². The zero-order chi connectivity index (χ0) is 21.4. The number of fused-ring (bicyclic) bond motifs is 1. The molecule has 1 amide bonds. The van der Waals surface area contributed by atoms with E-state index in [1.165, 1.54) is 12.1 Å². The van der Waals surface area contributed by atoms with Crippen molar-refractivity contribution in [3.8, 4) is 11.4 Å². The van der Waals surface area contributed by atoms with Crippen molar-refractivity contribution in [1.29, 1.82) is 0 Å². The standard InChI is InChI=1S/C23H24ClFN4O2/c24-19-5-4-17(13-18(19)22-26-20-6-3-16(25)12-21(20)27-22)29-7-1-2-15(14-29)23(30)28-8-10-31-11-9-28/h3-6,12-13,15H,1-2,7-11,14H2,(H,26,27)/t15-/m0/s1. The van der Waals surface area contributed by atoms with Gasteiger partial charge in [-0.25, -0.2) is 9.37 Å². The first-order chi connectivity index (χ1) is 15.1. The van der Waals surface area contributed by atoms with Crippen molar-refractivity contribution in [2.75, 3.05) is 44.3 Å². The van der Waals surface area contributed by atoms with Crippen LogP contribution >= 0.6 is 11.6 Å². The van der Waals surface area contributed by atoms with Gasteiger partial charge in [0.05, 0.1) is 35.2 Å². The van der Waals surface area contributed by atoms with Crippen LogP contribution < -0.4 is 4.90 Å². The lowest BCUT2D eigenvalue weighted by Crippen LogP contribution is -2.48. The first kappa shape index (κ1) is 20.3. The van der Waals surface area contributed by atoms with Gasteiger partial charge in [0.1, 0.15) is 11.6 Å². The Labute approximate surface area is 185 Å². The minimum Gasteiger partial charge on any atom is -0.378 e. The number of amides is 1. The quantitative estimate of drug-likeness (QED) is 0.663. The summed E-state index contributed by atoms with van der Waals surface area (Å²) in [5.41, 5.74) is 3.08. The third-order valence-corrected chi connectivity index (χ3v) is 6.44. The van der Waals surface area contributed by atoms with Crippen molar-refractivity contribution in [1.82, 2.24) is 14.9 Å². The highest BCUT2D eigenvalue weighted by molar-refractivity contribution is 6.33. The summed E-state index contributed by atoms with van der Waals surface area (Å²) < 4.78 is 18.9. The molecule has 2 aliphatic rings. The molecule has 0 spiro atoms.